The summed E-state index contributed by atoms with van der Waals surface area (Å²) in [6, 6.07) is 0. The van der Waals surface area contributed by atoms with E-state index in [0.29, 0.717) is 19.3 Å². The number of aliphatic carboxylic acids is 1. The Balaban J connectivity index is 2.47. The second kappa shape index (κ2) is 5.04. The Bertz CT molecular complexity index is 258. The van der Waals surface area contributed by atoms with Gasteiger partial charge in [0.1, 0.15) is 0 Å². The Labute approximate surface area is 85.7 Å². The van der Waals surface area contributed by atoms with Crippen LogP contribution in [0, 0.1) is 11.8 Å². The summed E-state index contributed by atoms with van der Waals surface area (Å²) in [5.41, 5.74) is 0. The van der Waals surface area contributed by atoms with Crippen LogP contribution in [0.2, 0.25) is 0 Å². The van der Waals surface area contributed by atoms with E-state index in [0.717, 1.165) is 0 Å². The third-order valence-electron chi connectivity index (χ3n) is 2.60. The van der Waals surface area contributed by atoms with E-state index in [-0.39, 0.29) is 0 Å². The Morgan fingerprint density at radius 1 is 1.33 bits per heavy atom. The number of amides is 1. The predicted octanol–water partition coefficient (Wildman–Crippen LogP) is 0.869. The summed E-state index contributed by atoms with van der Waals surface area (Å²) in [7, 11) is 0. The normalized spacial score (nSPS) is 25.5. The van der Waals surface area contributed by atoms with Crippen molar-refractivity contribution in [2.45, 2.75) is 25.7 Å². The van der Waals surface area contributed by atoms with Crippen LogP contribution in [0.5, 0.6) is 0 Å². The van der Waals surface area contributed by atoms with Crippen LogP contribution in [0.1, 0.15) is 19.3 Å². The molecule has 1 amide bonds. The lowest BCUT2D eigenvalue weighted by Crippen LogP contribution is -2.37. The van der Waals surface area contributed by atoms with Crippen molar-refractivity contribution in [2.24, 2.45) is 11.8 Å². The van der Waals surface area contributed by atoms with Crippen LogP contribution in [0.15, 0.2) is 0 Å². The van der Waals surface area contributed by atoms with Gasteiger partial charge in [0, 0.05) is 0 Å². The van der Waals surface area contributed by atoms with Gasteiger partial charge in [-0.2, -0.15) is 0 Å². The van der Waals surface area contributed by atoms with E-state index in [4.69, 9.17) is 5.11 Å². The lowest BCUT2D eigenvalue weighted by molar-refractivity contribution is -0.146. The zero-order chi connectivity index (χ0) is 11.4. The highest BCUT2D eigenvalue weighted by atomic mass is 19.3. The first-order chi connectivity index (χ1) is 7.02. The molecule has 0 aromatic rings. The molecule has 4 nitrogen and oxygen atoms in total. The topological polar surface area (TPSA) is 66.4 Å². The standard InChI is InChI=1S/C9H13F2NO3/c10-7(11)4-12-8(13)5-2-1-3-6(5)9(14)15/h5-7H,1-4H2,(H,12,13)(H,14,15). The molecule has 2 N–H and O–H groups in total. The summed E-state index contributed by atoms with van der Waals surface area (Å²) in [6.45, 7) is -0.707. The number of hydrogen-bond donors (Lipinski definition) is 2. The van der Waals surface area contributed by atoms with Crippen molar-refractivity contribution in [3.63, 3.8) is 0 Å². The van der Waals surface area contributed by atoms with Crippen LogP contribution in [0.3, 0.4) is 0 Å². The molecular formula is C9H13F2NO3. The van der Waals surface area contributed by atoms with Gasteiger partial charge in [0.15, 0.2) is 0 Å². The second-order valence-corrected chi connectivity index (χ2v) is 3.62. The zero-order valence-corrected chi connectivity index (χ0v) is 8.08. The average Bonchev–Trinajstić information content (AvgIpc) is 2.62. The van der Waals surface area contributed by atoms with E-state index in [1.54, 1.807) is 0 Å². The van der Waals surface area contributed by atoms with Gasteiger partial charge in [0.2, 0.25) is 5.91 Å². The van der Waals surface area contributed by atoms with Gasteiger partial charge in [-0.3, -0.25) is 9.59 Å². The molecule has 86 valence electrons. The van der Waals surface area contributed by atoms with Crippen molar-refractivity contribution in [3.8, 4) is 0 Å². The number of hydrogen-bond acceptors (Lipinski definition) is 2. The number of rotatable bonds is 4. The highest BCUT2D eigenvalue weighted by Gasteiger charge is 2.37. The molecule has 0 heterocycles. The number of carbonyl (C=O) groups is 2. The van der Waals surface area contributed by atoms with Gasteiger partial charge in [-0.25, -0.2) is 8.78 Å². The molecule has 0 aromatic carbocycles. The SMILES string of the molecule is O=C(O)C1CCCC1C(=O)NCC(F)F. The molecule has 15 heavy (non-hydrogen) atoms. The summed E-state index contributed by atoms with van der Waals surface area (Å²) in [4.78, 5) is 22.1. The molecule has 0 radical (unpaired) electrons. The van der Waals surface area contributed by atoms with Crippen molar-refractivity contribution in [2.75, 3.05) is 6.54 Å². The highest BCUT2D eigenvalue weighted by Crippen LogP contribution is 2.31. The Hall–Kier alpha value is -1.20. The second-order valence-electron chi connectivity index (χ2n) is 3.62. The van der Waals surface area contributed by atoms with Crippen molar-refractivity contribution in [3.05, 3.63) is 0 Å². The maximum Gasteiger partial charge on any atom is 0.307 e. The largest absolute Gasteiger partial charge is 0.481 e. The van der Waals surface area contributed by atoms with Crippen molar-refractivity contribution in [1.29, 1.82) is 0 Å². The summed E-state index contributed by atoms with van der Waals surface area (Å²) in [5.74, 6) is -2.96. The molecule has 0 saturated heterocycles. The minimum atomic E-state index is -2.60. The van der Waals surface area contributed by atoms with Gasteiger partial charge in [-0.05, 0) is 12.8 Å². The van der Waals surface area contributed by atoms with E-state index in [2.05, 4.69) is 5.32 Å². The molecule has 1 fully saturated rings. The molecule has 1 aliphatic rings. The molecule has 0 aliphatic heterocycles. The third-order valence-corrected chi connectivity index (χ3v) is 2.60. The van der Waals surface area contributed by atoms with Gasteiger partial charge in [-0.15, -0.1) is 0 Å². The fourth-order valence-corrected chi connectivity index (χ4v) is 1.88. The van der Waals surface area contributed by atoms with E-state index in [9.17, 15) is 18.4 Å². The maximum absolute atomic E-state index is 11.8. The van der Waals surface area contributed by atoms with Crippen LogP contribution in [0.4, 0.5) is 8.78 Å². The number of carboxylic acids is 1. The Kier molecular flexibility index (Phi) is 3.99. The highest BCUT2D eigenvalue weighted by molar-refractivity contribution is 5.85. The number of nitrogens with one attached hydrogen (secondary N) is 1. The van der Waals surface area contributed by atoms with Gasteiger partial charge < -0.3 is 10.4 Å². The smallest absolute Gasteiger partial charge is 0.307 e. The summed E-state index contributed by atoms with van der Waals surface area (Å²) < 4.78 is 23.6. The number of carboxylic acid groups (broad SMARTS) is 1. The summed E-state index contributed by atoms with van der Waals surface area (Å²) in [6.07, 6.45) is -1.03. The minimum Gasteiger partial charge on any atom is -0.481 e. The molecule has 2 atom stereocenters. The molecule has 1 rings (SSSR count). The zero-order valence-electron chi connectivity index (χ0n) is 8.08. The molecule has 1 saturated carbocycles. The van der Waals surface area contributed by atoms with Crippen LogP contribution in [-0.4, -0.2) is 30.0 Å². The fraction of sp³-hybridized carbons (Fsp3) is 0.778. The van der Waals surface area contributed by atoms with Gasteiger partial charge in [-0.1, -0.05) is 6.42 Å². The molecule has 2 unspecified atom stereocenters. The van der Waals surface area contributed by atoms with Crippen LogP contribution in [0.25, 0.3) is 0 Å². The van der Waals surface area contributed by atoms with Crippen molar-refractivity contribution < 1.29 is 23.5 Å². The van der Waals surface area contributed by atoms with Crippen molar-refractivity contribution in [1.82, 2.24) is 5.32 Å². The predicted molar refractivity (Wildman–Crippen MR) is 47.5 cm³/mol. The van der Waals surface area contributed by atoms with E-state index < -0.39 is 36.7 Å². The lowest BCUT2D eigenvalue weighted by Gasteiger charge is -2.15. The molecule has 0 aromatic heterocycles. The Morgan fingerprint density at radius 2 is 1.93 bits per heavy atom. The van der Waals surface area contributed by atoms with Gasteiger partial charge in [0.25, 0.3) is 6.43 Å². The molecule has 6 heteroatoms. The monoisotopic (exact) mass is 221 g/mol. The molecule has 1 aliphatic carbocycles. The van der Waals surface area contributed by atoms with Gasteiger partial charge in [0.05, 0.1) is 18.4 Å². The lowest BCUT2D eigenvalue weighted by atomic mass is 9.95. The quantitative estimate of drug-likeness (QED) is 0.740. The average molecular weight is 221 g/mol. The van der Waals surface area contributed by atoms with Crippen LogP contribution < -0.4 is 5.32 Å². The van der Waals surface area contributed by atoms with Crippen molar-refractivity contribution >= 4 is 11.9 Å². The number of alkyl halides is 2. The van der Waals surface area contributed by atoms with Gasteiger partial charge >= 0.3 is 5.97 Å². The fourth-order valence-electron chi connectivity index (χ4n) is 1.88. The maximum atomic E-state index is 11.8. The van der Waals surface area contributed by atoms with Crippen LogP contribution in [-0.2, 0) is 9.59 Å². The number of halogens is 2. The summed E-state index contributed by atoms with van der Waals surface area (Å²) in [5, 5.41) is 10.8. The summed E-state index contributed by atoms with van der Waals surface area (Å²) >= 11 is 0. The molecule has 0 bridgehead atoms. The van der Waals surface area contributed by atoms with E-state index in [1.807, 2.05) is 0 Å². The Morgan fingerprint density at radius 3 is 2.47 bits per heavy atom. The molecular weight excluding hydrogens is 208 g/mol. The van der Waals surface area contributed by atoms with Crippen LogP contribution >= 0.6 is 0 Å². The minimum absolute atomic E-state index is 0.447. The first-order valence-corrected chi connectivity index (χ1v) is 4.81. The van der Waals surface area contributed by atoms with E-state index >= 15 is 0 Å². The third kappa shape index (κ3) is 3.14. The first kappa shape index (κ1) is 11.9. The molecule has 0 spiro atoms. The first-order valence-electron chi connectivity index (χ1n) is 4.81. The van der Waals surface area contributed by atoms with E-state index in [1.165, 1.54) is 0 Å². The number of carbonyl (C=O) groups excluding carboxylic acids is 1.